The van der Waals surface area contributed by atoms with E-state index in [1.54, 1.807) is 23.4 Å². The summed E-state index contributed by atoms with van der Waals surface area (Å²) in [5, 5.41) is 9.29. The summed E-state index contributed by atoms with van der Waals surface area (Å²) in [7, 11) is 0. The summed E-state index contributed by atoms with van der Waals surface area (Å²) in [6, 6.07) is 14.5. The molecule has 0 saturated heterocycles. The van der Waals surface area contributed by atoms with Gasteiger partial charge in [0.15, 0.2) is 0 Å². The van der Waals surface area contributed by atoms with Crippen molar-refractivity contribution in [3.63, 3.8) is 0 Å². The molecule has 1 aromatic carbocycles. The van der Waals surface area contributed by atoms with Gasteiger partial charge in [-0.3, -0.25) is 19.5 Å². The van der Waals surface area contributed by atoms with Crippen molar-refractivity contribution in [2.75, 3.05) is 4.90 Å². The molecule has 3 aliphatic rings. The molecule has 4 atom stereocenters. The van der Waals surface area contributed by atoms with Gasteiger partial charge in [0.05, 0.1) is 23.1 Å². The quantitative estimate of drug-likeness (QED) is 0.420. The van der Waals surface area contributed by atoms with Crippen molar-refractivity contribution < 1.29 is 14.4 Å². The van der Waals surface area contributed by atoms with Gasteiger partial charge in [-0.25, -0.2) is 9.78 Å². The van der Waals surface area contributed by atoms with Crippen molar-refractivity contribution in [1.29, 1.82) is 0 Å². The molecule has 9 nitrogen and oxygen atoms in total. The molecule has 0 bridgehead atoms. The number of thioether (sulfide) groups is 1. The number of carbonyl (C=O) groups is 3. The lowest BCUT2D eigenvalue weighted by molar-refractivity contribution is -0.121. The summed E-state index contributed by atoms with van der Waals surface area (Å²) < 4.78 is 0. The third-order valence-electron chi connectivity index (χ3n) is 7.15. The zero-order chi connectivity index (χ0) is 26.2. The summed E-state index contributed by atoms with van der Waals surface area (Å²) in [5.74, 6) is -0.351. The summed E-state index contributed by atoms with van der Waals surface area (Å²) in [5.41, 5.74) is 3.95. The van der Waals surface area contributed by atoms with Crippen molar-refractivity contribution in [3.05, 3.63) is 79.1 Å². The highest BCUT2D eigenvalue weighted by Gasteiger charge is 2.47. The minimum absolute atomic E-state index is 0.0107. The van der Waals surface area contributed by atoms with Crippen molar-refractivity contribution in [2.24, 2.45) is 0 Å². The first-order valence-electron chi connectivity index (χ1n) is 12.5. The Kier molecular flexibility index (Phi) is 6.32. The molecule has 0 spiro atoms. The molecule has 10 heteroatoms. The highest BCUT2D eigenvalue weighted by molar-refractivity contribution is 8.01. The Morgan fingerprint density at radius 1 is 1.05 bits per heavy atom. The molecule has 0 radical (unpaired) electrons. The number of benzene rings is 1. The zero-order valence-corrected chi connectivity index (χ0v) is 21.3. The molecule has 6 rings (SSSR count). The van der Waals surface area contributed by atoms with Crippen LogP contribution in [0.1, 0.15) is 30.9 Å². The molecule has 1 fully saturated rings. The number of hydrogen-bond donors (Lipinski definition) is 3. The predicted molar refractivity (Wildman–Crippen MR) is 145 cm³/mol. The fraction of sp³-hybridized carbons (Fsp3) is 0.250. The maximum absolute atomic E-state index is 13.5. The maximum atomic E-state index is 13.5. The zero-order valence-electron chi connectivity index (χ0n) is 20.5. The number of urea groups is 1. The second-order valence-electron chi connectivity index (χ2n) is 9.54. The highest BCUT2D eigenvalue weighted by Crippen LogP contribution is 2.50. The van der Waals surface area contributed by atoms with Crippen molar-refractivity contribution in [3.8, 4) is 11.3 Å². The van der Waals surface area contributed by atoms with E-state index in [4.69, 9.17) is 0 Å². The van der Waals surface area contributed by atoms with Crippen LogP contribution in [0.3, 0.4) is 0 Å². The molecule has 1 saturated carbocycles. The maximum Gasteiger partial charge on any atom is 0.327 e. The van der Waals surface area contributed by atoms with Gasteiger partial charge in [0.1, 0.15) is 10.3 Å². The fourth-order valence-electron chi connectivity index (χ4n) is 5.39. The van der Waals surface area contributed by atoms with Gasteiger partial charge >= 0.3 is 6.03 Å². The van der Waals surface area contributed by atoms with Gasteiger partial charge in [0.25, 0.3) is 0 Å². The average Bonchev–Trinajstić information content (AvgIpc) is 3.54. The van der Waals surface area contributed by atoms with Crippen molar-refractivity contribution in [2.45, 2.75) is 47.7 Å². The normalized spacial score (nSPS) is 23.4. The van der Waals surface area contributed by atoms with Crippen molar-refractivity contribution >= 4 is 41.0 Å². The Hall–Kier alpha value is -4.18. The minimum atomic E-state index is -0.538. The summed E-state index contributed by atoms with van der Waals surface area (Å²) >= 11 is 1.37. The third-order valence-corrected chi connectivity index (χ3v) is 8.44. The molecule has 2 aromatic heterocycles. The largest absolute Gasteiger partial charge is 0.352 e. The van der Waals surface area contributed by atoms with Gasteiger partial charge in [0, 0.05) is 35.6 Å². The van der Waals surface area contributed by atoms with Gasteiger partial charge in [-0.1, -0.05) is 48.7 Å². The number of anilines is 2. The molecule has 4 amide bonds. The van der Waals surface area contributed by atoms with Gasteiger partial charge in [-0.05, 0) is 43.5 Å². The van der Waals surface area contributed by atoms with Crippen molar-refractivity contribution in [1.82, 2.24) is 25.9 Å². The number of nitrogens with one attached hydrogen (secondary N) is 3. The van der Waals surface area contributed by atoms with E-state index in [0.29, 0.717) is 17.8 Å². The molecule has 1 aliphatic carbocycles. The lowest BCUT2D eigenvalue weighted by Gasteiger charge is -2.34. The second kappa shape index (κ2) is 9.94. The molecule has 2 unspecified atom stereocenters. The first kappa shape index (κ1) is 24.2. The molecule has 4 heterocycles. The van der Waals surface area contributed by atoms with Crippen LogP contribution >= 0.6 is 11.8 Å². The smallest absolute Gasteiger partial charge is 0.327 e. The van der Waals surface area contributed by atoms with Gasteiger partial charge in [-0.2, -0.15) is 0 Å². The van der Waals surface area contributed by atoms with E-state index in [0.717, 1.165) is 34.7 Å². The van der Waals surface area contributed by atoms with Gasteiger partial charge in [0.2, 0.25) is 11.8 Å². The van der Waals surface area contributed by atoms with Crippen LogP contribution in [0.4, 0.5) is 16.2 Å². The molecule has 2 aliphatic heterocycles. The van der Waals surface area contributed by atoms with Crippen LogP contribution in [0.2, 0.25) is 0 Å². The Morgan fingerprint density at radius 2 is 1.82 bits per heavy atom. The van der Waals surface area contributed by atoms with Crippen LogP contribution in [0.15, 0.2) is 78.6 Å². The van der Waals surface area contributed by atoms with Crippen LogP contribution in [0, 0.1) is 0 Å². The molecule has 3 aromatic rings. The Labute approximate surface area is 224 Å². The molecule has 192 valence electrons. The van der Waals surface area contributed by atoms with Crippen LogP contribution in [0.5, 0.6) is 0 Å². The van der Waals surface area contributed by atoms with Crippen LogP contribution in [-0.2, 0) is 9.59 Å². The van der Waals surface area contributed by atoms with Gasteiger partial charge in [-0.15, -0.1) is 0 Å². The topological polar surface area (TPSA) is 116 Å². The van der Waals surface area contributed by atoms with E-state index in [1.807, 2.05) is 42.5 Å². The lowest BCUT2D eigenvalue weighted by Crippen LogP contribution is -2.50. The Balaban J connectivity index is 1.23. The standard InChI is InChI=1S/C28H26N6O3S/c1-2-22(35)31-17-8-9-18(14-17)32-26(36)25-24-23-21(11-13-30-27(23)38-25)34(28(37)33-24)19-10-12-29-20(15-19)16-6-4-3-5-7-16/h2-7,10-13,15,17-18,24-25H,1,8-9,14H2,(H,31,35)(H,32,36)(H,33,37)/t17-,18-,24?,25?/m0/s1. The lowest BCUT2D eigenvalue weighted by atomic mass is 9.99. The molecule has 3 N–H and O–H groups in total. The molecular formula is C28H26N6O3S. The first-order chi connectivity index (χ1) is 18.5. The summed E-state index contributed by atoms with van der Waals surface area (Å²) in [4.78, 5) is 49.1. The number of aromatic nitrogens is 2. The number of pyridine rings is 2. The van der Waals surface area contributed by atoms with Crippen LogP contribution in [0.25, 0.3) is 11.3 Å². The second-order valence-corrected chi connectivity index (χ2v) is 10.7. The number of rotatable bonds is 6. The van der Waals surface area contributed by atoms with E-state index < -0.39 is 11.3 Å². The molecule has 38 heavy (non-hydrogen) atoms. The number of amides is 4. The van der Waals surface area contributed by atoms with E-state index in [-0.39, 0.29) is 29.9 Å². The van der Waals surface area contributed by atoms with Crippen LogP contribution < -0.4 is 20.9 Å². The van der Waals surface area contributed by atoms with Crippen LogP contribution in [-0.4, -0.2) is 45.1 Å². The third kappa shape index (κ3) is 4.41. The van der Waals surface area contributed by atoms with E-state index >= 15 is 0 Å². The minimum Gasteiger partial charge on any atom is -0.352 e. The van der Waals surface area contributed by atoms with E-state index in [2.05, 4.69) is 32.5 Å². The Morgan fingerprint density at radius 3 is 2.61 bits per heavy atom. The first-order valence-corrected chi connectivity index (χ1v) is 13.4. The monoisotopic (exact) mass is 526 g/mol. The SMILES string of the molecule is C=CC(=O)N[C@H]1CC[C@H](NC(=O)C2Sc3nccc4c3C2NC(=O)N4c2ccnc(-c3ccccc3)c2)C1. The number of hydrogen-bond acceptors (Lipinski definition) is 6. The fourth-order valence-corrected chi connectivity index (χ4v) is 6.63. The van der Waals surface area contributed by atoms with E-state index in [9.17, 15) is 14.4 Å². The summed E-state index contributed by atoms with van der Waals surface area (Å²) in [6.45, 7) is 3.49. The highest BCUT2D eigenvalue weighted by atomic mass is 32.2. The predicted octanol–water partition coefficient (Wildman–Crippen LogP) is 3.86. The molecular weight excluding hydrogens is 500 g/mol. The number of carbonyl (C=O) groups excluding carboxylic acids is 3. The Bertz CT molecular complexity index is 1430. The van der Waals surface area contributed by atoms with Gasteiger partial charge < -0.3 is 16.0 Å². The number of nitrogens with zero attached hydrogens (tertiary/aromatic N) is 3. The van der Waals surface area contributed by atoms with E-state index in [1.165, 1.54) is 17.8 Å². The average molecular weight is 527 g/mol. The summed E-state index contributed by atoms with van der Waals surface area (Å²) in [6.07, 6.45) is 6.85.